The number of aromatic nitrogens is 2. The van der Waals surface area contributed by atoms with Gasteiger partial charge in [0.15, 0.2) is 0 Å². The lowest BCUT2D eigenvalue weighted by Gasteiger charge is -2.31. The number of anilines is 2. The molecule has 4 rings (SSSR count). The summed E-state index contributed by atoms with van der Waals surface area (Å²) in [7, 11) is 0. The molecule has 0 unspecified atom stereocenters. The van der Waals surface area contributed by atoms with Gasteiger partial charge >= 0.3 is 0 Å². The molecule has 0 saturated heterocycles. The Morgan fingerprint density at radius 1 is 1.12 bits per heavy atom. The first-order valence-corrected chi connectivity index (χ1v) is 9.16. The number of hydrogen-bond acceptors (Lipinski definition) is 3. The number of fused-ring (bicyclic) bond motifs is 3. The molecule has 7 heteroatoms. The maximum Gasteiger partial charge on any atom is 0.211 e. The van der Waals surface area contributed by atoms with Gasteiger partial charge in [-0.25, -0.2) is 4.98 Å². The van der Waals surface area contributed by atoms with E-state index < -0.39 is 0 Å². The summed E-state index contributed by atoms with van der Waals surface area (Å²) < 4.78 is 2.11. The number of aliphatic hydroxyl groups is 1. The SMILES string of the molecule is Cc1cc(Cl)cc(Cl)c1N1CCCn2c1nc1c(Cl)ccc(CO)c12. The molecule has 0 saturated carbocycles. The van der Waals surface area contributed by atoms with Gasteiger partial charge in [0.1, 0.15) is 5.52 Å². The monoisotopic (exact) mass is 395 g/mol. The minimum atomic E-state index is -0.0560. The summed E-state index contributed by atoms with van der Waals surface area (Å²) in [5, 5.41) is 11.5. The van der Waals surface area contributed by atoms with Crippen molar-refractivity contribution in [2.24, 2.45) is 0 Å². The van der Waals surface area contributed by atoms with E-state index in [9.17, 15) is 5.11 Å². The van der Waals surface area contributed by atoms with Crippen LogP contribution in [0.1, 0.15) is 17.5 Å². The topological polar surface area (TPSA) is 41.3 Å². The van der Waals surface area contributed by atoms with Crippen LogP contribution in [-0.4, -0.2) is 21.2 Å². The van der Waals surface area contributed by atoms with Crippen molar-refractivity contribution in [1.82, 2.24) is 9.55 Å². The van der Waals surface area contributed by atoms with E-state index in [0.717, 1.165) is 47.8 Å². The lowest BCUT2D eigenvalue weighted by atomic mass is 10.1. The molecule has 1 aromatic heterocycles. The van der Waals surface area contributed by atoms with Gasteiger partial charge in [-0.3, -0.25) is 0 Å². The van der Waals surface area contributed by atoms with Gasteiger partial charge < -0.3 is 14.6 Å². The number of rotatable bonds is 2. The Hall–Kier alpha value is -1.46. The van der Waals surface area contributed by atoms with Crippen LogP contribution in [0.25, 0.3) is 11.0 Å². The lowest BCUT2D eigenvalue weighted by molar-refractivity contribution is 0.283. The molecule has 1 aliphatic heterocycles. The quantitative estimate of drug-likeness (QED) is 0.636. The molecule has 1 aliphatic rings. The van der Waals surface area contributed by atoms with E-state index in [1.54, 1.807) is 12.1 Å². The fourth-order valence-electron chi connectivity index (χ4n) is 3.55. The van der Waals surface area contributed by atoms with Crippen molar-refractivity contribution in [1.29, 1.82) is 0 Å². The molecule has 2 heterocycles. The van der Waals surface area contributed by atoms with E-state index in [1.807, 2.05) is 19.1 Å². The van der Waals surface area contributed by atoms with Gasteiger partial charge in [0.2, 0.25) is 5.95 Å². The summed E-state index contributed by atoms with van der Waals surface area (Å²) in [6, 6.07) is 7.27. The predicted octanol–water partition coefficient (Wildman–Crippen LogP) is 5.34. The standard InChI is InChI=1S/C18H16Cl3N3O/c1-10-7-12(19)8-14(21)16(10)23-5-2-6-24-17-11(9-25)3-4-13(20)15(17)22-18(23)24/h3-4,7-8,25H,2,5-6,9H2,1H3. The first-order chi connectivity index (χ1) is 12.0. The maximum absolute atomic E-state index is 9.71. The molecule has 0 fully saturated rings. The zero-order valence-electron chi connectivity index (χ0n) is 13.6. The molecule has 3 aromatic rings. The van der Waals surface area contributed by atoms with Crippen molar-refractivity contribution >= 4 is 57.5 Å². The van der Waals surface area contributed by atoms with Crippen LogP contribution in [0.4, 0.5) is 11.6 Å². The highest BCUT2D eigenvalue weighted by Gasteiger charge is 2.27. The van der Waals surface area contributed by atoms with Gasteiger partial charge in [0.25, 0.3) is 0 Å². The Morgan fingerprint density at radius 2 is 1.92 bits per heavy atom. The molecular weight excluding hydrogens is 381 g/mol. The Labute approximate surface area is 160 Å². The largest absolute Gasteiger partial charge is 0.392 e. The molecular formula is C18H16Cl3N3O. The van der Waals surface area contributed by atoms with Crippen molar-refractivity contribution in [3.63, 3.8) is 0 Å². The van der Waals surface area contributed by atoms with E-state index in [0.29, 0.717) is 20.6 Å². The van der Waals surface area contributed by atoms with E-state index in [-0.39, 0.29) is 6.61 Å². The maximum atomic E-state index is 9.71. The number of benzene rings is 2. The third-order valence-corrected chi connectivity index (χ3v) is 5.38. The molecule has 130 valence electrons. The molecule has 2 aromatic carbocycles. The second-order valence-corrected chi connectivity index (χ2v) is 7.43. The molecule has 4 nitrogen and oxygen atoms in total. The predicted molar refractivity (Wildman–Crippen MR) is 103 cm³/mol. The van der Waals surface area contributed by atoms with Crippen LogP contribution >= 0.6 is 34.8 Å². The molecule has 0 aliphatic carbocycles. The molecule has 0 bridgehead atoms. The highest BCUT2D eigenvalue weighted by Crippen LogP contribution is 2.41. The Morgan fingerprint density at radius 3 is 2.64 bits per heavy atom. The normalized spacial score (nSPS) is 14.2. The van der Waals surface area contributed by atoms with Crippen LogP contribution in [0.3, 0.4) is 0 Å². The first kappa shape index (κ1) is 17.0. The summed E-state index contributed by atoms with van der Waals surface area (Å²) in [4.78, 5) is 6.88. The number of nitrogens with zero attached hydrogens (tertiary/aromatic N) is 3. The van der Waals surface area contributed by atoms with E-state index in [4.69, 9.17) is 39.8 Å². The fraction of sp³-hybridized carbons (Fsp3) is 0.278. The average molecular weight is 397 g/mol. The van der Waals surface area contributed by atoms with Gasteiger partial charge in [-0.15, -0.1) is 0 Å². The fourth-order valence-corrected chi connectivity index (χ4v) is 4.44. The summed E-state index contributed by atoms with van der Waals surface area (Å²) in [6.45, 7) is 3.55. The van der Waals surface area contributed by atoms with Crippen LogP contribution < -0.4 is 4.90 Å². The second kappa shape index (κ2) is 6.36. The lowest BCUT2D eigenvalue weighted by Crippen LogP contribution is -2.29. The number of halogens is 3. The van der Waals surface area contributed by atoms with Gasteiger partial charge in [0, 0.05) is 23.7 Å². The van der Waals surface area contributed by atoms with Crippen molar-refractivity contribution in [2.75, 3.05) is 11.4 Å². The van der Waals surface area contributed by atoms with E-state index in [1.165, 1.54) is 0 Å². The summed E-state index contributed by atoms with van der Waals surface area (Å²) in [6.07, 6.45) is 0.939. The summed E-state index contributed by atoms with van der Waals surface area (Å²) in [5.74, 6) is 0.788. The van der Waals surface area contributed by atoms with Gasteiger partial charge in [-0.1, -0.05) is 40.9 Å². The first-order valence-electron chi connectivity index (χ1n) is 8.03. The third kappa shape index (κ3) is 2.68. The number of aryl methyl sites for hydroxylation is 2. The zero-order valence-corrected chi connectivity index (χ0v) is 15.8. The molecule has 25 heavy (non-hydrogen) atoms. The van der Waals surface area contributed by atoms with Crippen molar-refractivity contribution < 1.29 is 5.11 Å². The minimum Gasteiger partial charge on any atom is -0.392 e. The number of imidazole rings is 1. The zero-order chi connectivity index (χ0) is 17.7. The molecule has 0 atom stereocenters. The Bertz CT molecular complexity index is 960. The average Bonchev–Trinajstić information content (AvgIpc) is 2.96. The molecule has 0 radical (unpaired) electrons. The van der Waals surface area contributed by atoms with Gasteiger partial charge in [0.05, 0.1) is 27.9 Å². The molecule has 1 N–H and O–H groups in total. The van der Waals surface area contributed by atoms with Crippen LogP contribution in [-0.2, 0) is 13.2 Å². The third-order valence-electron chi connectivity index (χ3n) is 4.57. The van der Waals surface area contributed by atoms with Crippen LogP contribution in [0, 0.1) is 6.92 Å². The Balaban J connectivity index is 1.98. The second-order valence-electron chi connectivity index (χ2n) is 6.18. The van der Waals surface area contributed by atoms with Crippen LogP contribution in [0.5, 0.6) is 0 Å². The van der Waals surface area contributed by atoms with Crippen LogP contribution in [0.15, 0.2) is 24.3 Å². The minimum absolute atomic E-state index is 0.0560. The van der Waals surface area contributed by atoms with Crippen molar-refractivity contribution in [3.05, 3.63) is 50.5 Å². The van der Waals surface area contributed by atoms with E-state index >= 15 is 0 Å². The highest BCUT2D eigenvalue weighted by molar-refractivity contribution is 6.37. The number of aliphatic hydroxyl groups excluding tert-OH is 1. The summed E-state index contributed by atoms with van der Waals surface area (Å²) in [5.41, 5.74) is 4.31. The van der Waals surface area contributed by atoms with Crippen molar-refractivity contribution in [3.8, 4) is 0 Å². The van der Waals surface area contributed by atoms with Gasteiger partial charge in [-0.05, 0) is 37.1 Å². The Kier molecular flexibility index (Phi) is 4.32. The summed E-state index contributed by atoms with van der Waals surface area (Å²) >= 11 is 19.0. The van der Waals surface area contributed by atoms with Gasteiger partial charge in [-0.2, -0.15) is 0 Å². The molecule has 0 spiro atoms. The van der Waals surface area contributed by atoms with E-state index in [2.05, 4.69) is 9.47 Å². The smallest absolute Gasteiger partial charge is 0.211 e. The molecule has 0 amide bonds. The highest BCUT2D eigenvalue weighted by atomic mass is 35.5. The van der Waals surface area contributed by atoms with Crippen molar-refractivity contribution in [2.45, 2.75) is 26.5 Å². The number of hydrogen-bond donors (Lipinski definition) is 1. The van der Waals surface area contributed by atoms with Crippen LogP contribution in [0.2, 0.25) is 15.1 Å².